The Morgan fingerprint density at radius 1 is 1.31 bits per heavy atom. The van der Waals surface area contributed by atoms with Crippen LogP contribution in [0.25, 0.3) is 0 Å². The lowest BCUT2D eigenvalue weighted by Gasteiger charge is -2.29. The van der Waals surface area contributed by atoms with Gasteiger partial charge in [0.05, 0.1) is 6.54 Å². The maximum atomic E-state index is 12.2. The van der Waals surface area contributed by atoms with Gasteiger partial charge in [-0.25, -0.2) is 4.98 Å². The van der Waals surface area contributed by atoms with Crippen LogP contribution in [0.15, 0.2) is 30.5 Å². The lowest BCUT2D eigenvalue weighted by molar-refractivity contribution is -0.123. The lowest BCUT2D eigenvalue weighted by Crippen LogP contribution is -2.42. The number of primary amides is 1. The molecule has 0 radical (unpaired) electrons. The summed E-state index contributed by atoms with van der Waals surface area (Å²) < 4.78 is 0. The molecule has 1 aliphatic heterocycles. The molecule has 1 aromatic heterocycles. The van der Waals surface area contributed by atoms with Crippen LogP contribution in [-0.4, -0.2) is 41.3 Å². The van der Waals surface area contributed by atoms with Gasteiger partial charge < -0.3 is 11.1 Å². The number of likely N-dealkylation sites (tertiary alicyclic amines) is 1. The van der Waals surface area contributed by atoms with Crippen molar-refractivity contribution in [2.45, 2.75) is 19.3 Å². The van der Waals surface area contributed by atoms with Gasteiger partial charge in [-0.15, -0.1) is 11.3 Å². The first kappa shape index (κ1) is 18.8. The van der Waals surface area contributed by atoms with Gasteiger partial charge in [-0.1, -0.05) is 29.8 Å². The predicted octanol–water partition coefficient (Wildman–Crippen LogP) is 2.52. The first-order valence-corrected chi connectivity index (χ1v) is 9.70. The second kappa shape index (κ2) is 8.62. The fraction of sp³-hybridized carbons (Fsp3) is 0.389. The van der Waals surface area contributed by atoms with E-state index >= 15 is 0 Å². The van der Waals surface area contributed by atoms with Crippen molar-refractivity contribution in [3.63, 3.8) is 0 Å². The van der Waals surface area contributed by atoms with Gasteiger partial charge in [0.1, 0.15) is 0 Å². The number of thiazole rings is 1. The summed E-state index contributed by atoms with van der Waals surface area (Å²) >= 11 is 7.63. The average Bonchev–Trinajstić information content (AvgIpc) is 3.04. The number of carbonyl (C=O) groups is 2. The smallest absolute Gasteiger partial charge is 0.240 e. The van der Waals surface area contributed by atoms with E-state index in [9.17, 15) is 9.59 Å². The van der Waals surface area contributed by atoms with Crippen LogP contribution in [0.4, 0.5) is 5.13 Å². The van der Waals surface area contributed by atoms with E-state index in [1.807, 2.05) is 29.2 Å². The zero-order valence-corrected chi connectivity index (χ0v) is 15.9. The van der Waals surface area contributed by atoms with Crippen molar-refractivity contribution in [1.82, 2.24) is 9.88 Å². The highest BCUT2D eigenvalue weighted by molar-refractivity contribution is 7.15. The number of hydrogen-bond donors (Lipinski definition) is 2. The van der Waals surface area contributed by atoms with Crippen molar-refractivity contribution >= 4 is 39.9 Å². The molecule has 1 saturated heterocycles. The number of nitrogens with zero attached hydrogens (tertiary/aromatic N) is 2. The Balaban J connectivity index is 1.49. The number of piperidine rings is 1. The molecule has 1 fully saturated rings. The number of anilines is 1. The summed E-state index contributed by atoms with van der Waals surface area (Å²) in [6.45, 7) is 1.71. The molecule has 3 N–H and O–H groups in total. The molecule has 0 atom stereocenters. The SMILES string of the molecule is NC(=O)C1CCN(CC(=O)Nc2ncc(Cc3ccccc3Cl)s2)CC1. The van der Waals surface area contributed by atoms with Crippen molar-refractivity contribution in [3.8, 4) is 0 Å². The van der Waals surface area contributed by atoms with Gasteiger partial charge in [-0.2, -0.15) is 0 Å². The van der Waals surface area contributed by atoms with Gasteiger partial charge in [0, 0.05) is 28.4 Å². The van der Waals surface area contributed by atoms with Crippen LogP contribution in [0.5, 0.6) is 0 Å². The normalized spacial score (nSPS) is 15.7. The maximum Gasteiger partial charge on any atom is 0.240 e. The molecule has 0 saturated carbocycles. The van der Waals surface area contributed by atoms with Crippen molar-refractivity contribution in [2.75, 3.05) is 25.0 Å². The van der Waals surface area contributed by atoms with Gasteiger partial charge in [0.25, 0.3) is 0 Å². The van der Waals surface area contributed by atoms with Crippen molar-refractivity contribution < 1.29 is 9.59 Å². The highest BCUT2D eigenvalue weighted by Gasteiger charge is 2.24. The van der Waals surface area contributed by atoms with Gasteiger partial charge in [0.2, 0.25) is 11.8 Å². The van der Waals surface area contributed by atoms with E-state index in [0.29, 0.717) is 44.0 Å². The monoisotopic (exact) mass is 392 g/mol. The average molecular weight is 393 g/mol. The molecule has 8 heteroatoms. The zero-order valence-electron chi connectivity index (χ0n) is 14.3. The Labute approximate surface area is 161 Å². The minimum atomic E-state index is -0.247. The van der Waals surface area contributed by atoms with Crippen LogP contribution in [0.3, 0.4) is 0 Å². The number of benzene rings is 1. The van der Waals surface area contributed by atoms with E-state index in [1.165, 1.54) is 11.3 Å². The second-order valence-electron chi connectivity index (χ2n) is 6.40. The van der Waals surface area contributed by atoms with Crippen LogP contribution in [-0.2, 0) is 16.0 Å². The molecule has 2 amide bonds. The number of hydrogen-bond acceptors (Lipinski definition) is 5. The number of carbonyl (C=O) groups excluding carboxylic acids is 2. The third-order valence-electron chi connectivity index (χ3n) is 4.48. The Bertz CT molecular complexity index is 787. The standard InChI is InChI=1S/C18H21ClN4O2S/c19-15-4-2-1-3-13(15)9-14-10-21-18(26-14)22-16(24)11-23-7-5-12(6-8-23)17(20)25/h1-4,10,12H,5-9,11H2,(H2,20,25)(H,21,22,24). The molecular formula is C18H21ClN4O2S. The molecule has 1 aliphatic rings. The molecule has 138 valence electrons. The Hall–Kier alpha value is -1.96. The van der Waals surface area contributed by atoms with Crippen molar-refractivity contribution in [2.24, 2.45) is 11.7 Å². The fourth-order valence-electron chi connectivity index (χ4n) is 3.01. The molecule has 2 aromatic rings. The van der Waals surface area contributed by atoms with E-state index in [1.54, 1.807) is 6.20 Å². The second-order valence-corrected chi connectivity index (χ2v) is 7.92. The first-order chi connectivity index (χ1) is 12.5. The molecule has 0 spiro atoms. The molecule has 3 rings (SSSR count). The van der Waals surface area contributed by atoms with Gasteiger partial charge in [-0.3, -0.25) is 14.5 Å². The number of rotatable bonds is 6. The van der Waals surface area contributed by atoms with Crippen LogP contribution >= 0.6 is 22.9 Å². The molecule has 0 unspecified atom stereocenters. The summed E-state index contributed by atoms with van der Waals surface area (Å²) in [5.41, 5.74) is 6.37. The highest BCUT2D eigenvalue weighted by Crippen LogP contribution is 2.24. The summed E-state index contributed by atoms with van der Waals surface area (Å²) in [6, 6.07) is 7.70. The molecule has 0 aliphatic carbocycles. The summed E-state index contributed by atoms with van der Waals surface area (Å²) in [5, 5.41) is 4.16. The van der Waals surface area contributed by atoms with E-state index in [0.717, 1.165) is 15.5 Å². The molecule has 0 bridgehead atoms. The maximum absolute atomic E-state index is 12.2. The molecule has 26 heavy (non-hydrogen) atoms. The molecule has 6 nitrogen and oxygen atoms in total. The Kier molecular flexibility index (Phi) is 6.24. The number of halogens is 1. The van der Waals surface area contributed by atoms with Crippen molar-refractivity contribution in [1.29, 1.82) is 0 Å². The fourth-order valence-corrected chi connectivity index (χ4v) is 4.07. The lowest BCUT2D eigenvalue weighted by atomic mass is 9.96. The van der Waals surface area contributed by atoms with E-state index in [4.69, 9.17) is 17.3 Å². The predicted molar refractivity (Wildman–Crippen MR) is 103 cm³/mol. The molecule has 1 aromatic carbocycles. The largest absolute Gasteiger partial charge is 0.369 e. The topological polar surface area (TPSA) is 88.3 Å². The molecule has 2 heterocycles. The van der Waals surface area contributed by atoms with E-state index in [2.05, 4.69) is 10.3 Å². The molecular weight excluding hydrogens is 372 g/mol. The number of aromatic nitrogens is 1. The Morgan fingerprint density at radius 2 is 2.04 bits per heavy atom. The van der Waals surface area contributed by atoms with Crippen LogP contribution in [0.1, 0.15) is 23.3 Å². The third kappa shape index (κ3) is 5.03. The van der Waals surface area contributed by atoms with Crippen LogP contribution in [0, 0.1) is 5.92 Å². The van der Waals surface area contributed by atoms with Gasteiger partial charge in [-0.05, 0) is 37.6 Å². The summed E-state index contributed by atoms with van der Waals surface area (Å²) in [6.07, 6.45) is 3.87. The summed E-state index contributed by atoms with van der Waals surface area (Å²) in [7, 11) is 0. The van der Waals surface area contributed by atoms with Gasteiger partial charge >= 0.3 is 0 Å². The van der Waals surface area contributed by atoms with Crippen molar-refractivity contribution in [3.05, 3.63) is 45.9 Å². The highest BCUT2D eigenvalue weighted by atomic mass is 35.5. The summed E-state index contributed by atoms with van der Waals surface area (Å²) in [4.78, 5) is 30.8. The summed E-state index contributed by atoms with van der Waals surface area (Å²) in [5.74, 6) is -0.412. The first-order valence-electron chi connectivity index (χ1n) is 8.51. The Morgan fingerprint density at radius 3 is 2.73 bits per heavy atom. The van der Waals surface area contributed by atoms with Gasteiger partial charge in [0.15, 0.2) is 5.13 Å². The van der Waals surface area contributed by atoms with Crippen LogP contribution < -0.4 is 11.1 Å². The number of amides is 2. The van der Waals surface area contributed by atoms with Crippen LogP contribution in [0.2, 0.25) is 5.02 Å². The van der Waals surface area contributed by atoms with E-state index in [-0.39, 0.29) is 17.7 Å². The zero-order chi connectivity index (χ0) is 18.5. The third-order valence-corrected chi connectivity index (χ3v) is 5.76. The minimum Gasteiger partial charge on any atom is -0.369 e. The van der Waals surface area contributed by atoms with E-state index < -0.39 is 0 Å². The number of nitrogens with one attached hydrogen (secondary N) is 1. The minimum absolute atomic E-state index is 0.0688. The number of nitrogens with two attached hydrogens (primary N) is 1. The quantitative estimate of drug-likeness (QED) is 0.790.